The average molecular weight is 325 g/mol. The molecule has 0 aliphatic carbocycles. The van der Waals surface area contributed by atoms with Gasteiger partial charge in [0.2, 0.25) is 0 Å². The van der Waals surface area contributed by atoms with Crippen LogP contribution in [0.4, 0.5) is 36.6 Å². The number of rotatable bonds is 3. The van der Waals surface area contributed by atoms with Gasteiger partial charge in [-0.15, -0.1) is 10.2 Å². The van der Waals surface area contributed by atoms with Crippen LogP contribution in [-0.2, 0) is 12.7 Å². The van der Waals surface area contributed by atoms with Gasteiger partial charge in [0.15, 0.2) is 29.0 Å². The zero-order valence-electron chi connectivity index (χ0n) is 10.5. The maximum atomic E-state index is 13.4. The van der Waals surface area contributed by atoms with Gasteiger partial charge in [-0.25, -0.2) is 17.6 Å². The van der Waals surface area contributed by atoms with E-state index in [-0.39, 0.29) is 11.9 Å². The molecule has 0 amide bonds. The molecule has 10 heteroatoms. The Morgan fingerprint density at radius 1 is 0.909 bits per heavy atom. The van der Waals surface area contributed by atoms with Crippen molar-refractivity contribution in [3.05, 3.63) is 52.7 Å². The van der Waals surface area contributed by atoms with Crippen LogP contribution in [0.5, 0.6) is 0 Å². The van der Waals surface area contributed by atoms with Crippen LogP contribution in [0.15, 0.2) is 18.2 Å². The molecule has 0 unspecified atom stereocenters. The summed E-state index contributed by atoms with van der Waals surface area (Å²) in [6, 6.07) is 1.50. The first-order chi connectivity index (χ1) is 10.2. The molecule has 1 heterocycles. The third-order valence-corrected chi connectivity index (χ3v) is 2.60. The molecule has 0 saturated carbocycles. The van der Waals surface area contributed by atoms with Crippen molar-refractivity contribution in [3.8, 4) is 0 Å². The molecule has 1 aromatic heterocycles. The van der Waals surface area contributed by atoms with Gasteiger partial charge in [-0.05, 0) is 12.1 Å². The standard InChI is InChI=1S/C12H6F7N3/c13-6-3-7(14)11(16)5(10(6)15)4-20-9-2-1-8(21-22-9)12(17,18)19/h1-3H,4H2,(H,20,22). The summed E-state index contributed by atoms with van der Waals surface area (Å²) in [6.07, 6.45) is -4.69. The molecule has 1 aromatic carbocycles. The maximum absolute atomic E-state index is 13.4. The Morgan fingerprint density at radius 2 is 1.50 bits per heavy atom. The Kier molecular flexibility index (Phi) is 4.20. The van der Waals surface area contributed by atoms with Gasteiger partial charge in [0, 0.05) is 18.2 Å². The van der Waals surface area contributed by atoms with E-state index < -0.39 is 47.2 Å². The molecular weight excluding hydrogens is 319 g/mol. The molecule has 0 atom stereocenters. The topological polar surface area (TPSA) is 37.8 Å². The highest BCUT2D eigenvalue weighted by Gasteiger charge is 2.32. The van der Waals surface area contributed by atoms with Crippen LogP contribution in [0.2, 0.25) is 0 Å². The molecule has 0 aliphatic heterocycles. The summed E-state index contributed by atoms with van der Waals surface area (Å²) in [4.78, 5) is 0. The fourth-order valence-corrected chi connectivity index (χ4v) is 1.53. The zero-order chi connectivity index (χ0) is 16.5. The van der Waals surface area contributed by atoms with E-state index in [1.165, 1.54) is 0 Å². The van der Waals surface area contributed by atoms with Crippen molar-refractivity contribution in [2.75, 3.05) is 5.32 Å². The van der Waals surface area contributed by atoms with Crippen molar-refractivity contribution in [2.45, 2.75) is 12.7 Å². The van der Waals surface area contributed by atoms with Gasteiger partial charge in [0.1, 0.15) is 5.82 Å². The fraction of sp³-hybridized carbons (Fsp3) is 0.167. The summed E-state index contributed by atoms with van der Waals surface area (Å²) in [6.45, 7) is -0.730. The number of anilines is 1. The van der Waals surface area contributed by atoms with E-state index in [1.807, 2.05) is 0 Å². The quantitative estimate of drug-likeness (QED) is 0.691. The lowest BCUT2D eigenvalue weighted by atomic mass is 10.1. The number of alkyl halides is 3. The molecule has 0 radical (unpaired) electrons. The van der Waals surface area contributed by atoms with Gasteiger partial charge in [-0.2, -0.15) is 13.2 Å². The van der Waals surface area contributed by atoms with Crippen LogP contribution in [0.1, 0.15) is 11.3 Å². The number of halogens is 7. The third kappa shape index (κ3) is 3.26. The minimum absolute atomic E-state index is 0.0477. The van der Waals surface area contributed by atoms with E-state index in [0.717, 1.165) is 6.07 Å². The van der Waals surface area contributed by atoms with Crippen molar-refractivity contribution in [1.82, 2.24) is 10.2 Å². The van der Waals surface area contributed by atoms with Crippen molar-refractivity contribution >= 4 is 5.82 Å². The van der Waals surface area contributed by atoms with E-state index in [2.05, 4.69) is 15.5 Å². The largest absolute Gasteiger partial charge is 0.435 e. The molecule has 1 N–H and O–H groups in total. The molecule has 2 rings (SSSR count). The summed E-state index contributed by atoms with van der Waals surface area (Å²) < 4.78 is 89.4. The second-order valence-electron chi connectivity index (χ2n) is 4.10. The predicted molar refractivity (Wildman–Crippen MR) is 60.6 cm³/mol. The number of benzene rings is 1. The molecule has 0 fully saturated rings. The van der Waals surface area contributed by atoms with Crippen LogP contribution in [0.25, 0.3) is 0 Å². The lowest BCUT2D eigenvalue weighted by Gasteiger charge is -2.09. The van der Waals surface area contributed by atoms with E-state index >= 15 is 0 Å². The second-order valence-corrected chi connectivity index (χ2v) is 4.10. The Morgan fingerprint density at radius 3 is 1.95 bits per heavy atom. The third-order valence-electron chi connectivity index (χ3n) is 2.60. The monoisotopic (exact) mass is 325 g/mol. The Balaban J connectivity index is 2.17. The second kappa shape index (κ2) is 5.78. The zero-order valence-corrected chi connectivity index (χ0v) is 10.5. The SMILES string of the molecule is Fc1cc(F)c(F)c(CNc2ccc(C(F)(F)F)nn2)c1F. The Hall–Kier alpha value is -2.39. The van der Waals surface area contributed by atoms with Crippen molar-refractivity contribution in [3.63, 3.8) is 0 Å². The maximum Gasteiger partial charge on any atom is 0.435 e. The highest BCUT2D eigenvalue weighted by atomic mass is 19.4. The molecule has 0 aliphatic rings. The highest BCUT2D eigenvalue weighted by molar-refractivity contribution is 5.35. The Labute approximate surface area is 118 Å². The average Bonchev–Trinajstić information content (AvgIpc) is 2.45. The molecule has 0 spiro atoms. The fourth-order valence-electron chi connectivity index (χ4n) is 1.53. The smallest absolute Gasteiger partial charge is 0.364 e. The minimum Gasteiger partial charge on any atom is -0.364 e. The lowest BCUT2D eigenvalue weighted by molar-refractivity contribution is -0.141. The summed E-state index contributed by atoms with van der Waals surface area (Å²) in [5.74, 6) is -6.64. The number of aromatic nitrogens is 2. The van der Waals surface area contributed by atoms with Gasteiger partial charge in [0.05, 0.1) is 0 Å². The molecule has 0 saturated heterocycles. The van der Waals surface area contributed by atoms with E-state index in [9.17, 15) is 30.7 Å². The van der Waals surface area contributed by atoms with Gasteiger partial charge < -0.3 is 5.32 Å². The number of hydrogen-bond acceptors (Lipinski definition) is 3. The first-order valence-corrected chi connectivity index (χ1v) is 5.67. The normalized spacial score (nSPS) is 11.6. The van der Waals surface area contributed by atoms with Crippen LogP contribution in [0, 0.1) is 23.3 Å². The van der Waals surface area contributed by atoms with Gasteiger partial charge in [0.25, 0.3) is 0 Å². The van der Waals surface area contributed by atoms with Gasteiger partial charge in [-0.3, -0.25) is 0 Å². The summed E-state index contributed by atoms with van der Waals surface area (Å²) in [7, 11) is 0. The van der Waals surface area contributed by atoms with E-state index in [4.69, 9.17) is 0 Å². The molecule has 0 bridgehead atoms. The number of nitrogens with zero attached hydrogens (tertiary/aromatic N) is 2. The van der Waals surface area contributed by atoms with Crippen molar-refractivity contribution in [1.29, 1.82) is 0 Å². The van der Waals surface area contributed by atoms with Gasteiger partial charge in [-0.1, -0.05) is 0 Å². The van der Waals surface area contributed by atoms with Crippen molar-refractivity contribution in [2.24, 2.45) is 0 Å². The minimum atomic E-state index is -4.69. The van der Waals surface area contributed by atoms with E-state index in [0.29, 0.717) is 6.07 Å². The Bertz CT molecular complexity index is 656. The summed E-state index contributed by atoms with van der Waals surface area (Å²) in [5.41, 5.74) is -2.20. The van der Waals surface area contributed by atoms with Crippen molar-refractivity contribution < 1.29 is 30.7 Å². The van der Waals surface area contributed by atoms with Crippen LogP contribution in [-0.4, -0.2) is 10.2 Å². The highest BCUT2D eigenvalue weighted by Crippen LogP contribution is 2.27. The first-order valence-electron chi connectivity index (χ1n) is 5.67. The number of hydrogen-bond donors (Lipinski definition) is 1. The van der Waals surface area contributed by atoms with E-state index in [1.54, 1.807) is 0 Å². The molecule has 22 heavy (non-hydrogen) atoms. The van der Waals surface area contributed by atoms with Crippen LogP contribution in [0.3, 0.4) is 0 Å². The van der Waals surface area contributed by atoms with Gasteiger partial charge >= 0.3 is 6.18 Å². The number of nitrogens with one attached hydrogen (secondary N) is 1. The summed E-state index contributed by atoms with van der Waals surface area (Å²) >= 11 is 0. The summed E-state index contributed by atoms with van der Waals surface area (Å²) in [5, 5.41) is 8.24. The van der Waals surface area contributed by atoms with Crippen LogP contribution < -0.4 is 5.32 Å². The van der Waals surface area contributed by atoms with Crippen LogP contribution >= 0.6 is 0 Å². The first kappa shape index (κ1) is 16.0. The lowest BCUT2D eigenvalue weighted by Crippen LogP contribution is -2.12. The molecular formula is C12H6F7N3. The molecule has 118 valence electrons. The molecule has 2 aromatic rings. The predicted octanol–water partition coefficient (Wildman–Crippen LogP) is 3.66. The molecule has 3 nitrogen and oxygen atoms in total.